The zero-order chi connectivity index (χ0) is 26.3. The van der Waals surface area contributed by atoms with Gasteiger partial charge in [-0.25, -0.2) is 9.59 Å². The molecule has 3 N–H and O–H groups in total. The number of amides is 2. The molecule has 2 saturated carbocycles. The molecule has 4 rings (SSSR count). The minimum absolute atomic E-state index is 0.0578. The Labute approximate surface area is 209 Å². The molecule has 0 radical (unpaired) electrons. The van der Waals surface area contributed by atoms with Gasteiger partial charge in [0.1, 0.15) is 16.8 Å². The Morgan fingerprint density at radius 2 is 1.78 bits per heavy atom. The maximum absolute atomic E-state index is 13.3. The molecule has 1 aromatic heterocycles. The molecule has 194 valence electrons. The number of hydrogen-bond donors (Lipinski definition) is 3. The van der Waals surface area contributed by atoms with Crippen LogP contribution < -0.4 is 10.6 Å². The molecular weight excluding hydrogens is 466 g/mol. The van der Waals surface area contributed by atoms with Gasteiger partial charge in [0.15, 0.2) is 0 Å². The van der Waals surface area contributed by atoms with Crippen molar-refractivity contribution in [3.05, 3.63) is 36.0 Å². The summed E-state index contributed by atoms with van der Waals surface area (Å²) in [4.78, 5) is 55.1. The van der Waals surface area contributed by atoms with Crippen LogP contribution in [0.5, 0.6) is 0 Å². The van der Waals surface area contributed by atoms with Crippen LogP contribution in [0.4, 0.5) is 4.79 Å². The van der Waals surface area contributed by atoms with Crippen LogP contribution in [0.25, 0.3) is 10.9 Å². The lowest BCUT2D eigenvalue weighted by molar-refractivity contribution is -0.153. The minimum atomic E-state index is -1.54. The number of para-hydroxylation sites is 1. The van der Waals surface area contributed by atoms with Gasteiger partial charge in [-0.1, -0.05) is 18.2 Å². The summed E-state index contributed by atoms with van der Waals surface area (Å²) in [5, 5.41) is 6.57. The molecule has 2 aromatic rings. The fourth-order valence-corrected chi connectivity index (χ4v) is 5.37. The van der Waals surface area contributed by atoms with E-state index in [-0.39, 0.29) is 25.5 Å². The predicted octanol–water partition coefficient (Wildman–Crippen LogP) is 2.92. The van der Waals surface area contributed by atoms with E-state index in [0.29, 0.717) is 5.69 Å². The highest BCUT2D eigenvalue weighted by molar-refractivity contribution is 5.98. The molecule has 10 nitrogen and oxygen atoms in total. The SMILES string of the molecule is CCOC(=O)C1C2C(NC(=O)c3cc4ccccc4[nH]3)CC(NC(=O)OC(C)(C)C)(C(=O)OCC)C12. The third-order valence-electron chi connectivity index (χ3n) is 6.66. The minimum Gasteiger partial charge on any atom is -0.466 e. The van der Waals surface area contributed by atoms with Crippen molar-refractivity contribution in [2.45, 2.75) is 58.2 Å². The van der Waals surface area contributed by atoms with Gasteiger partial charge in [0, 0.05) is 29.3 Å². The Hall–Kier alpha value is -3.56. The lowest BCUT2D eigenvalue weighted by atomic mass is 9.88. The first-order valence-corrected chi connectivity index (χ1v) is 12.2. The number of carbonyl (C=O) groups excluding carboxylic acids is 4. The second kappa shape index (κ2) is 9.48. The van der Waals surface area contributed by atoms with Crippen molar-refractivity contribution in [2.75, 3.05) is 13.2 Å². The van der Waals surface area contributed by atoms with Crippen LogP contribution in [0.3, 0.4) is 0 Å². The number of alkyl carbamates (subject to hydrolysis) is 1. The van der Waals surface area contributed by atoms with Gasteiger partial charge in [0.2, 0.25) is 0 Å². The molecule has 10 heteroatoms. The lowest BCUT2D eigenvalue weighted by Crippen LogP contribution is -2.59. The van der Waals surface area contributed by atoms with Crippen molar-refractivity contribution in [1.29, 1.82) is 0 Å². The molecule has 0 bridgehead atoms. The van der Waals surface area contributed by atoms with Gasteiger partial charge in [0.05, 0.1) is 19.1 Å². The molecule has 1 heterocycles. The van der Waals surface area contributed by atoms with Gasteiger partial charge in [-0.3, -0.25) is 9.59 Å². The summed E-state index contributed by atoms with van der Waals surface area (Å²) in [6.07, 6.45) is -0.742. The second-order valence-corrected chi connectivity index (χ2v) is 10.3. The number of ether oxygens (including phenoxy) is 3. The van der Waals surface area contributed by atoms with Crippen LogP contribution in [-0.2, 0) is 23.8 Å². The molecule has 0 spiro atoms. The summed E-state index contributed by atoms with van der Waals surface area (Å²) in [6.45, 7) is 8.75. The van der Waals surface area contributed by atoms with E-state index >= 15 is 0 Å². The maximum Gasteiger partial charge on any atom is 0.408 e. The normalized spacial score (nSPS) is 26.6. The molecule has 2 amide bonds. The van der Waals surface area contributed by atoms with E-state index in [1.54, 1.807) is 40.7 Å². The van der Waals surface area contributed by atoms with Gasteiger partial charge >= 0.3 is 18.0 Å². The van der Waals surface area contributed by atoms with Crippen molar-refractivity contribution in [3.8, 4) is 0 Å². The Morgan fingerprint density at radius 1 is 1.08 bits per heavy atom. The zero-order valence-electron chi connectivity index (χ0n) is 21.2. The molecule has 2 aliphatic carbocycles. The number of aromatic amines is 1. The zero-order valence-corrected chi connectivity index (χ0v) is 21.2. The Balaban J connectivity index is 1.63. The quantitative estimate of drug-likeness (QED) is 0.394. The number of nitrogens with one attached hydrogen (secondary N) is 3. The number of H-pyrrole nitrogens is 1. The Morgan fingerprint density at radius 3 is 2.42 bits per heavy atom. The van der Waals surface area contributed by atoms with Crippen molar-refractivity contribution in [2.24, 2.45) is 17.8 Å². The van der Waals surface area contributed by atoms with Crippen LogP contribution in [-0.4, -0.2) is 59.3 Å². The van der Waals surface area contributed by atoms with Crippen molar-refractivity contribution in [3.63, 3.8) is 0 Å². The van der Waals surface area contributed by atoms with E-state index in [2.05, 4.69) is 15.6 Å². The number of hydrogen-bond acceptors (Lipinski definition) is 7. The predicted molar refractivity (Wildman–Crippen MR) is 130 cm³/mol. The van der Waals surface area contributed by atoms with E-state index in [1.807, 2.05) is 24.3 Å². The molecule has 2 aliphatic rings. The average Bonchev–Trinajstić information content (AvgIpc) is 3.26. The van der Waals surface area contributed by atoms with E-state index < -0.39 is 53.0 Å². The summed E-state index contributed by atoms with van der Waals surface area (Å²) in [7, 11) is 0. The first kappa shape index (κ1) is 25.5. The molecule has 36 heavy (non-hydrogen) atoms. The summed E-state index contributed by atoms with van der Waals surface area (Å²) < 4.78 is 16.0. The Bertz CT molecular complexity index is 1150. The third-order valence-corrected chi connectivity index (χ3v) is 6.66. The number of fused-ring (bicyclic) bond motifs is 2. The van der Waals surface area contributed by atoms with Crippen LogP contribution in [0.2, 0.25) is 0 Å². The number of esters is 2. The van der Waals surface area contributed by atoms with Crippen molar-refractivity contribution < 1.29 is 33.4 Å². The van der Waals surface area contributed by atoms with Crippen LogP contribution >= 0.6 is 0 Å². The highest BCUT2D eigenvalue weighted by Gasteiger charge is 2.76. The van der Waals surface area contributed by atoms with Gasteiger partial charge in [0.25, 0.3) is 5.91 Å². The Kier molecular flexibility index (Phi) is 6.72. The van der Waals surface area contributed by atoms with Gasteiger partial charge < -0.3 is 29.8 Å². The van der Waals surface area contributed by atoms with Crippen LogP contribution in [0.15, 0.2) is 30.3 Å². The lowest BCUT2D eigenvalue weighted by Gasteiger charge is -2.33. The third kappa shape index (κ3) is 4.76. The van der Waals surface area contributed by atoms with Gasteiger partial charge in [-0.05, 0) is 52.7 Å². The summed E-state index contributed by atoms with van der Waals surface area (Å²) in [5.41, 5.74) is -1.17. The van der Waals surface area contributed by atoms with E-state index in [9.17, 15) is 19.2 Å². The summed E-state index contributed by atoms with van der Waals surface area (Å²) in [6, 6.07) is 8.66. The standard InChI is InChI=1S/C26H33N3O7/c1-6-34-22(31)19-18-17(28-21(30)16-12-14-10-8-9-11-15(14)27-16)13-26(20(18)19,23(32)35-7-2)29-24(33)36-25(3,4)5/h8-12,17-20,27H,6-7,13H2,1-5H3,(H,28,30)(H,29,33). The highest BCUT2D eigenvalue weighted by Crippen LogP contribution is 2.63. The van der Waals surface area contributed by atoms with Crippen molar-refractivity contribution in [1.82, 2.24) is 15.6 Å². The largest absolute Gasteiger partial charge is 0.466 e. The number of benzene rings is 1. The van der Waals surface area contributed by atoms with E-state index in [4.69, 9.17) is 14.2 Å². The monoisotopic (exact) mass is 499 g/mol. The van der Waals surface area contributed by atoms with Crippen LogP contribution in [0, 0.1) is 17.8 Å². The molecule has 5 atom stereocenters. The number of aromatic nitrogens is 1. The van der Waals surface area contributed by atoms with Gasteiger partial charge in [-0.2, -0.15) is 0 Å². The molecule has 0 saturated heterocycles. The highest BCUT2D eigenvalue weighted by atomic mass is 16.6. The number of carbonyl (C=O) groups is 4. The second-order valence-electron chi connectivity index (χ2n) is 10.3. The smallest absolute Gasteiger partial charge is 0.408 e. The molecule has 5 unspecified atom stereocenters. The summed E-state index contributed by atoms with van der Waals surface area (Å²) in [5.74, 6) is -3.20. The first-order valence-electron chi connectivity index (χ1n) is 12.2. The van der Waals surface area contributed by atoms with Gasteiger partial charge in [-0.15, -0.1) is 0 Å². The molecular formula is C26H33N3O7. The van der Waals surface area contributed by atoms with E-state index in [1.165, 1.54) is 0 Å². The van der Waals surface area contributed by atoms with E-state index in [0.717, 1.165) is 10.9 Å². The fraction of sp³-hybridized carbons (Fsp3) is 0.538. The van der Waals surface area contributed by atoms with Crippen LogP contribution in [0.1, 0.15) is 51.5 Å². The average molecular weight is 500 g/mol. The van der Waals surface area contributed by atoms with Crippen molar-refractivity contribution >= 4 is 34.8 Å². The molecule has 0 aliphatic heterocycles. The molecule has 2 fully saturated rings. The first-order chi connectivity index (χ1) is 17.0. The topological polar surface area (TPSA) is 136 Å². The maximum atomic E-state index is 13.3. The number of rotatable bonds is 7. The molecule has 1 aromatic carbocycles. The fourth-order valence-electron chi connectivity index (χ4n) is 5.37. The summed E-state index contributed by atoms with van der Waals surface area (Å²) >= 11 is 0.